The van der Waals surface area contributed by atoms with E-state index >= 15 is 0 Å². The summed E-state index contributed by atoms with van der Waals surface area (Å²) in [6.07, 6.45) is 4.23. The molecule has 23 heavy (non-hydrogen) atoms. The molecule has 0 aliphatic heterocycles. The number of rotatable bonds is 5. The van der Waals surface area contributed by atoms with Gasteiger partial charge in [-0.05, 0) is 42.7 Å². The molecule has 0 saturated carbocycles. The maximum atomic E-state index is 11.7. The van der Waals surface area contributed by atoms with Crippen molar-refractivity contribution < 1.29 is 4.79 Å². The van der Waals surface area contributed by atoms with Crippen molar-refractivity contribution in [3.8, 4) is 11.3 Å². The molecule has 0 fully saturated rings. The lowest BCUT2D eigenvalue weighted by atomic mass is 10.0. The molecule has 1 aromatic heterocycles. The standard InChI is InChI=1S/C19H17Cl2NO/c1-2-3-4-12-5-8-18-14(9-12)15(11-23)19(22-18)13-6-7-16(20)17(21)10-13/h5-11,22H,2-4H2,1H3. The van der Waals surface area contributed by atoms with Gasteiger partial charge in [-0.1, -0.05) is 48.7 Å². The van der Waals surface area contributed by atoms with Crippen LogP contribution in [0.5, 0.6) is 0 Å². The number of halogens is 2. The number of unbranched alkanes of at least 4 members (excludes halogenated alkanes) is 1. The second-order valence-electron chi connectivity index (χ2n) is 5.64. The minimum absolute atomic E-state index is 0.475. The first-order valence-corrected chi connectivity index (χ1v) is 8.44. The first-order valence-electron chi connectivity index (χ1n) is 7.69. The highest BCUT2D eigenvalue weighted by atomic mass is 35.5. The van der Waals surface area contributed by atoms with E-state index in [0.717, 1.165) is 47.7 Å². The van der Waals surface area contributed by atoms with Gasteiger partial charge in [-0.2, -0.15) is 0 Å². The van der Waals surface area contributed by atoms with E-state index in [1.54, 1.807) is 12.1 Å². The number of H-pyrrole nitrogens is 1. The zero-order valence-electron chi connectivity index (χ0n) is 12.8. The predicted octanol–water partition coefficient (Wildman–Crippen LogP) is 6.30. The van der Waals surface area contributed by atoms with Crippen LogP contribution in [0.3, 0.4) is 0 Å². The number of aryl methyl sites for hydroxylation is 1. The minimum atomic E-state index is 0.475. The Morgan fingerprint density at radius 1 is 1.09 bits per heavy atom. The molecule has 3 rings (SSSR count). The van der Waals surface area contributed by atoms with Gasteiger partial charge in [0.15, 0.2) is 6.29 Å². The maximum absolute atomic E-state index is 11.7. The Labute approximate surface area is 145 Å². The molecule has 0 amide bonds. The summed E-state index contributed by atoms with van der Waals surface area (Å²) in [6, 6.07) is 11.6. The van der Waals surface area contributed by atoms with Crippen LogP contribution in [0.4, 0.5) is 0 Å². The third kappa shape index (κ3) is 3.15. The summed E-state index contributed by atoms with van der Waals surface area (Å²) < 4.78 is 0. The van der Waals surface area contributed by atoms with Crippen LogP contribution >= 0.6 is 23.2 Å². The average Bonchev–Trinajstić information content (AvgIpc) is 2.93. The van der Waals surface area contributed by atoms with Crippen LogP contribution in [-0.4, -0.2) is 11.3 Å². The first-order chi connectivity index (χ1) is 11.1. The van der Waals surface area contributed by atoms with Gasteiger partial charge in [-0.15, -0.1) is 0 Å². The van der Waals surface area contributed by atoms with Gasteiger partial charge >= 0.3 is 0 Å². The lowest BCUT2D eigenvalue weighted by Crippen LogP contribution is -1.86. The number of fused-ring (bicyclic) bond motifs is 1. The molecule has 118 valence electrons. The second kappa shape index (κ2) is 6.77. The fourth-order valence-electron chi connectivity index (χ4n) is 2.80. The number of carbonyl (C=O) groups excluding carboxylic acids is 1. The minimum Gasteiger partial charge on any atom is -0.354 e. The van der Waals surface area contributed by atoms with Crippen LogP contribution < -0.4 is 0 Å². The zero-order valence-corrected chi connectivity index (χ0v) is 14.3. The number of aromatic amines is 1. The van der Waals surface area contributed by atoms with E-state index in [2.05, 4.69) is 24.0 Å². The smallest absolute Gasteiger partial charge is 0.152 e. The van der Waals surface area contributed by atoms with Crippen molar-refractivity contribution in [1.82, 2.24) is 4.98 Å². The molecular weight excluding hydrogens is 329 g/mol. The molecule has 0 aliphatic rings. The van der Waals surface area contributed by atoms with Gasteiger partial charge in [0.2, 0.25) is 0 Å². The normalized spacial score (nSPS) is 11.1. The summed E-state index contributed by atoms with van der Waals surface area (Å²) in [5.41, 5.74) is 4.50. The van der Waals surface area contributed by atoms with Crippen LogP contribution in [0, 0.1) is 0 Å². The van der Waals surface area contributed by atoms with Crippen molar-refractivity contribution in [2.75, 3.05) is 0 Å². The Morgan fingerprint density at radius 2 is 1.91 bits per heavy atom. The van der Waals surface area contributed by atoms with E-state index in [9.17, 15) is 4.79 Å². The molecule has 0 spiro atoms. The number of carbonyl (C=O) groups is 1. The van der Waals surface area contributed by atoms with Gasteiger partial charge in [0, 0.05) is 22.0 Å². The summed E-state index contributed by atoms with van der Waals surface area (Å²) in [5.74, 6) is 0. The number of hydrogen-bond acceptors (Lipinski definition) is 1. The van der Waals surface area contributed by atoms with Crippen molar-refractivity contribution in [2.45, 2.75) is 26.2 Å². The van der Waals surface area contributed by atoms with Crippen LogP contribution in [0.2, 0.25) is 10.0 Å². The molecule has 0 bridgehead atoms. The molecule has 4 heteroatoms. The quantitative estimate of drug-likeness (QED) is 0.541. The highest BCUT2D eigenvalue weighted by molar-refractivity contribution is 6.42. The SMILES string of the molecule is CCCCc1ccc2[nH]c(-c3ccc(Cl)c(Cl)c3)c(C=O)c2c1. The highest BCUT2D eigenvalue weighted by Crippen LogP contribution is 2.33. The van der Waals surface area contributed by atoms with Crippen molar-refractivity contribution in [3.63, 3.8) is 0 Å². The van der Waals surface area contributed by atoms with Crippen LogP contribution in [0.25, 0.3) is 22.2 Å². The Hall–Kier alpha value is -1.77. The number of benzene rings is 2. The summed E-state index contributed by atoms with van der Waals surface area (Å²) in [4.78, 5) is 15.0. The molecule has 0 unspecified atom stereocenters. The molecule has 0 radical (unpaired) electrons. The summed E-state index contributed by atoms with van der Waals surface area (Å²) >= 11 is 12.1. The average molecular weight is 346 g/mol. The Bertz CT molecular complexity index is 867. The van der Waals surface area contributed by atoms with Crippen molar-refractivity contribution in [2.24, 2.45) is 0 Å². The number of nitrogens with one attached hydrogen (secondary N) is 1. The van der Waals surface area contributed by atoms with E-state index in [1.807, 2.05) is 12.1 Å². The van der Waals surface area contributed by atoms with Gasteiger partial charge in [0.1, 0.15) is 0 Å². The van der Waals surface area contributed by atoms with E-state index in [4.69, 9.17) is 23.2 Å². The van der Waals surface area contributed by atoms with E-state index in [-0.39, 0.29) is 0 Å². The molecule has 1 heterocycles. The first kappa shape index (κ1) is 16.1. The maximum Gasteiger partial charge on any atom is 0.152 e. The number of aromatic nitrogens is 1. The molecule has 2 aromatic carbocycles. The van der Waals surface area contributed by atoms with Crippen molar-refractivity contribution >= 4 is 40.4 Å². The lowest BCUT2D eigenvalue weighted by Gasteiger charge is -2.02. The number of hydrogen-bond donors (Lipinski definition) is 1. The number of aldehydes is 1. The van der Waals surface area contributed by atoms with E-state index < -0.39 is 0 Å². The highest BCUT2D eigenvalue weighted by Gasteiger charge is 2.14. The van der Waals surface area contributed by atoms with E-state index in [0.29, 0.717) is 15.6 Å². The van der Waals surface area contributed by atoms with Gasteiger partial charge in [0.25, 0.3) is 0 Å². The lowest BCUT2D eigenvalue weighted by molar-refractivity contribution is 0.112. The molecule has 0 saturated heterocycles. The second-order valence-corrected chi connectivity index (χ2v) is 6.46. The zero-order chi connectivity index (χ0) is 16.4. The molecule has 2 nitrogen and oxygen atoms in total. The summed E-state index contributed by atoms with van der Waals surface area (Å²) in [5, 5.41) is 1.93. The predicted molar refractivity (Wildman–Crippen MR) is 97.8 cm³/mol. The molecular formula is C19H17Cl2NO. The third-order valence-electron chi connectivity index (χ3n) is 4.05. The van der Waals surface area contributed by atoms with Crippen LogP contribution in [0.1, 0.15) is 35.7 Å². The third-order valence-corrected chi connectivity index (χ3v) is 4.79. The van der Waals surface area contributed by atoms with Gasteiger partial charge in [-0.3, -0.25) is 4.79 Å². The molecule has 1 N–H and O–H groups in total. The van der Waals surface area contributed by atoms with Gasteiger partial charge in [-0.25, -0.2) is 0 Å². The summed E-state index contributed by atoms with van der Waals surface area (Å²) in [7, 11) is 0. The Balaban J connectivity index is 2.13. The van der Waals surface area contributed by atoms with Gasteiger partial charge in [0.05, 0.1) is 15.7 Å². The van der Waals surface area contributed by atoms with Crippen LogP contribution in [0.15, 0.2) is 36.4 Å². The van der Waals surface area contributed by atoms with E-state index in [1.165, 1.54) is 5.56 Å². The van der Waals surface area contributed by atoms with Crippen molar-refractivity contribution in [1.29, 1.82) is 0 Å². The fraction of sp³-hybridized carbons (Fsp3) is 0.211. The molecule has 0 aliphatic carbocycles. The molecule has 3 aromatic rings. The Kier molecular flexibility index (Phi) is 4.74. The largest absolute Gasteiger partial charge is 0.354 e. The monoisotopic (exact) mass is 345 g/mol. The molecule has 0 atom stereocenters. The van der Waals surface area contributed by atoms with Crippen LogP contribution in [-0.2, 0) is 6.42 Å². The summed E-state index contributed by atoms with van der Waals surface area (Å²) in [6.45, 7) is 2.17. The van der Waals surface area contributed by atoms with Crippen molar-refractivity contribution in [3.05, 3.63) is 57.6 Å². The topological polar surface area (TPSA) is 32.9 Å². The van der Waals surface area contributed by atoms with Gasteiger partial charge < -0.3 is 4.98 Å². The Morgan fingerprint density at radius 3 is 2.61 bits per heavy atom. The fourth-order valence-corrected chi connectivity index (χ4v) is 3.10.